The van der Waals surface area contributed by atoms with Gasteiger partial charge in [0.1, 0.15) is 5.75 Å². The first-order valence-electron chi connectivity index (χ1n) is 9.71. The number of carbonyl (C=O) groups is 2. The number of benzene rings is 2. The SMILES string of the molecule is COc1ccccc1C1=C(SCc2ccccc2)C(=O)N(CC2CCCO2)C1=O. The van der Waals surface area contributed by atoms with Gasteiger partial charge < -0.3 is 9.47 Å². The van der Waals surface area contributed by atoms with Crippen molar-refractivity contribution < 1.29 is 19.1 Å². The second-order valence-corrected chi connectivity index (χ2v) is 8.02. The van der Waals surface area contributed by atoms with Crippen LogP contribution in [0.4, 0.5) is 0 Å². The number of amides is 2. The fourth-order valence-corrected chi connectivity index (χ4v) is 4.74. The molecule has 1 unspecified atom stereocenters. The quantitative estimate of drug-likeness (QED) is 0.650. The van der Waals surface area contributed by atoms with Crippen molar-refractivity contribution in [1.82, 2.24) is 4.90 Å². The topological polar surface area (TPSA) is 55.8 Å². The summed E-state index contributed by atoms with van der Waals surface area (Å²) in [5, 5.41) is 0. The van der Waals surface area contributed by atoms with Crippen molar-refractivity contribution in [3.05, 3.63) is 70.6 Å². The second kappa shape index (κ2) is 8.84. The van der Waals surface area contributed by atoms with E-state index in [4.69, 9.17) is 9.47 Å². The van der Waals surface area contributed by atoms with Crippen molar-refractivity contribution in [2.24, 2.45) is 0 Å². The maximum Gasteiger partial charge on any atom is 0.268 e. The van der Waals surface area contributed by atoms with Gasteiger partial charge in [0, 0.05) is 17.9 Å². The molecule has 29 heavy (non-hydrogen) atoms. The van der Waals surface area contributed by atoms with Crippen molar-refractivity contribution in [1.29, 1.82) is 0 Å². The average molecular weight is 410 g/mol. The molecule has 1 saturated heterocycles. The van der Waals surface area contributed by atoms with Crippen LogP contribution in [0.2, 0.25) is 0 Å². The molecule has 0 N–H and O–H groups in total. The first-order valence-corrected chi connectivity index (χ1v) is 10.7. The van der Waals surface area contributed by atoms with Gasteiger partial charge in [0.25, 0.3) is 11.8 Å². The van der Waals surface area contributed by atoms with Crippen LogP contribution in [-0.4, -0.2) is 43.1 Å². The highest BCUT2D eigenvalue weighted by Crippen LogP contribution is 2.40. The molecule has 0 spiro atoms. The summed E-state index contributed by atoms with van der Waals surface area (Å²) in [4.78, 5) is 28.4. The number of ether oxygens (including phenoxy) is 2. The Morgan fingerprint density at radius 1 is 1.07 bits per heavy atom. The molecule has 0 bridgehead atoms. The lowest BCUT2D eigenvalue weighted by Gasteiger charge is -2.19. The molecule has 0 aliphatic carbocycles. The summed E-state index contributed by atoms with van der Waals surface area (Å²) >= 11 is 1.40. The molecular formula is C23H23NO4S. The number of rotatable bonds is 7. The molecule has 0 radical (unpaired) electrons. The summed E-state index contributed by atoms with van der Waals surface area (Å²) in [5.41, 5.74) is 2.17. The number of imide groups is 1. The van der Waals surface area contributed by atoms with Crippen molar-refractivity contribution in [2.75, 3.05) is 20.3 Å². The molecule has 1 fully saturated rings. The summed E-state index contributed by atoms with van der Waals surface area (Å²) in [7, 11) is 1.57. The van der Waals surface area contributed by atoms with Gasteiger partial charge in [-0.2, -0.15) is 0 Å². The Labute approximate surface area is 174 Å². The Bertz CT molecular complexity index is 935. The molecule has 0 saturated carbocycles. The normalized spacial score (nSPS) is 19.3. The maximum atomic E-state index is 13.3. The number of nitrogens with zero attached hydrogens (tertiary/aromatic N) is 1. The van der Waals surface area contributed by atoms with Gasteiger partial charge in [0.15, 0.2) is 0 Å². The zero-order chi connectivity index (χ0) is 20.2. The summed E-state index contributed by atoms with van der Waals surface area (Å²) in [5.74, 6) is 0.681. The number of carbonyl (C=O) groups excluding carboxylic acids is 2. The standard InChI is InChI=1S/C23H23NO4S/c1-27-19-12-6-5-11-18(19)20-21(29-15-16-8-3-2-4-9-16)23(26)24(22(20)25)14-17-10-7-13-28-17/h2-6,8-9,11-12,17H,7,10,13-15H2,1H3. The molecule has 2 amide bonds. The first kappa shape index (κ1) is 19.7. The van der Waals surface area contributed by atoms with Crippen LogP contribution in [0.15, 0.2) is 59.5 Å². The largest absolute Gasteiger partial charge is 0.496 e. The molecule has 2 aromatic carbocycles. The molecule has 2 aliphatic heterocycles. The minimum absolute atomic E-state index is 0.0831. The molecule has 2 heterocycles. The average Bonchev–Trinajstić information content (AvgIpc) is 3.35. The first-order chi connectivity index (χ1) is 14.2. The minimum Gasteiger partial charge on any atom is -0.496 e. The van der Waals surface area contributed by atoms with E-state index in [-0.39, 0.29) is 17.9 Å². The fourth-order valence-electron chi connectivity index (χ4n) is 3.66. The minimum atomic E-state index is -0.273. The third-order valence-electron chi connectivity index (χ3n) is 5.14. The van der Waals surface area contributed by atoms with Crippen LogP contribution in [0, 0.1) is 0 Å². The molecular weight excluding hydrogens is 386 g/mol. The predicted molar refractivity (Wildman–Crippen MR) is 113 cm³/mol. The zero-order valence-electron chi connectivity index (χ0n) is 16.3. The predicted octanol–water partition coefficient (Wildman–Crippen LogP) is 3.89. The Hall–Kier alpha value is -2.57. The lowest BCUT2D eigenvalue weighted by molar-refractivity contribution is -0.138. The summed E-state index contributed by atoms with van der Waals surface area (Å²) in [6, 6.07) is 17.3. The van der Waals surface area contributed by atoms with Crippen molar-refractivity contribution >= 4 is 29.1 Å². The van der Waals surface area contributed by atoms with Crippen LogP contribution in [0.3, 0.4) is 0 Å². The smallest absolute Gasteiger partial charge is 0.268 e. The van der Waals surface area contributed by atoms with E-state index in [9.17, 15) is 9.59 Å². The summed E-state index contributed by atoms with van der Waals surface area (Å²) in [6.07, 6.45) is 1.75. The molecule has 150 valence electrons. The van der Waals surface area contributed by atoms with E-state index >= 15 is 0 Å². The Kier molecular flexibility index (Phi) is 6.02. The number of thioether (sulfide) groups is 1. The van der Waals surface area contributed by atoms with Gasteiger partial charge in [-0.25, -0.2) is 0 Å². The van der Waals surface area contributed by atoms with Crippen LogP contribution in [0.25, 0.3) is 5.57 Å². The van der Waals surface area contributed by atoms with Crippen LogP contribution in [0.1, 0.15) is 24.0 Å². The van der Waals surface area contributed by atoms with E-state index in [1.54, 1.807) is 7.11 Å². The fraction of sp³-hybridized carbons (Fsp3) is 0.304. The van der Waals surface area contributed by atoms with Crippen LogP contribution in [0.5, 0.6) is 5.75 Å². The van der Waals surface area contributed by atoms with Gasteiger partial charge in [-0.15, -0.1) is 11.8 Å². The molecule has 5 nitrogen and oxygen atoms in total. The number of para-hydroxylation sites is 1. The summed E-state index contributed by atoms with van der Waals surface area (Å²) < 4.78 is 11.1. The Morgan fingerprint density at radius 2 is 1.83 bits per heavy atom. The highest BCUT2D eigenvalue weighted by molar-refractivity contribution is 8.03. The van der Waals surface area contributed by atoms with Gasteiger partial charge in [0.2, 0.25) is 0 Å². The summed E-state index contributed by atoms with van der Waals surface area (Å²) in [6.45, 7) is 0.981. The van der Waals surface area contributed by atoms with E-state index in [0.717, 1.165) is 18.4 Å². The Morgan fingerprint density at radius 3 is 2.55 bits per heavy atom. The molecule has 4 rings (SSSR count). The van der Waals surface area contributed by atoms with Gasteiger partial charge >= 0.3 is 0 Å². The van der Waals surface area contributed by atoms with Crippen molar-refractivity contribution in [3.8, 4) is 5.75 Å². The maximum absolute atomic E-state index is 13.3. The number of hydrogen-bond donors (Lipinski definition) is 0. The van der Waals surface area contributed by atoms with Crippen molar-refractivity contribution in [3.63, 3.8) is 0 Å². The Balaban J connectivity index is 1.68. The second-order valence-electron chi connectivity index (χ2n) is 7.03. The van der Waals surface area contributed by atoms with E-state index < -0.39 is 0 Å². The van der Waals surface area contributed by atoms with Crippen LogP contribution in [-0.2, 0) is 20.1 Å². The lowest BCUT2D eigenvalue weighted by atomic mass is 10.0. The van der Waals surface area contributed by atoms with Gasteiger partial charge in [-0.05, 0) is 24.5 Å². The zero-order valence-corrected chi connectivity index (χ0v) is 17.1. The van der Waals surface area contributed by atoms with E-state index in [0.29, 0.717) is 40.7 Å². The van der Waals surface area contributed by atoms with Crippen LogP contribution >= 0.6 is 11.8 Å². The van der Waals surface area contributed by atoms with E-state index in [2.05, 4.69) is 0 Å². The number of methoxy groups -OCH3 is 1. The van der Waals surface area contributed by atoms with Crippen LogP contribution < -0.4 is 4.74 Å². The highest BCUT2D eigenvalue weighted by atomic mass is 32.2. The molecule has 2 aliphatic rings. The molecule has 2 aromatic rings. The van der Waals surface area contributed by atoms with E-state index in [1.807, 2.05) is 54.6 Å². The van der Waals surface area contributed by atoms with Gasteiger partial charge in [-0.3, -0.25) is 14.5 Å². The van der Waals surface area contributed by atoms with Gasteiger partial charge in [0.05, 0.1) is 30.2 Å². The van der Waals surface area contributed by atoms with E-state index in [1.165, 1.54) is 16.7 Å². The number of hydrogen-bond acceptors (Lipinski definition) is 5. The molecule has 1 atom stereocenters. The highest BCUT2D eigenvalue weighted by Gasteiger charge is 2.41. The third-order valence-corrected chi connectivity index (χ3v) is 6.28. The van der Waals surface area contributed by atoms with Gasteiger partial charge in [-0.1, -0.05) is 48.5 Å². The third kappa shape index (κ3) is 4.09. The molecule has 6 heteroatoms. The van der Waals surface area contributed by atoms with Crippen molar-refractivity contribution in [2.45, 2.75) is 24.7 Å². The monoisotopic (exact) mass is 409 g/mol. The molecule has 0 aromatic heterocycles. The lowest BCUT2D eigenvalue weighted by Crippen LogP contribution is -2.37.